The molecule has 3 heterocycles. The minimum Gasteiger partial charge on any atom is -0.326 e. The zero-order valence-electron chi connectivity index (χ0n) is 17.2. The number of rotatable bonds is 7. The Hall–Kier alpha value is -3.27. The van der Waals surface area contributed by atoms with Crippen LogP contribution in [0.2, 0.25) is 0 Å². The minimum absolute atomic E-state index is 0.354. The summed E-state index contributed by atoms with van der Waals surface area (Å²) in [7, 11) is 0. The summed E-state index contributed by atoms with van der Waals surface area (Å²) >= 11 is 0. The van der Waals surface area contributed by atoms with Crippen molar-refractivity contribution in [3.63, 3.8) is 0 Å². The zero-order valence-corrected chi connectivity index (χ0v) is 17.2. The van der Waals surface area contributed by atoms with E-state index in [2.05, 4.69) is 65.3 Å². The summed E-state index contributed by atoms with van der Waals surface area (Å²) in [5.74, 6) is 1.37. The Morgan fingerprint density at radius 3 is 2.84 bits per heavy atom. The largest absolute Gasteiger partial charge is 0.326 e. The summed E-state index contributed by atoms with van der Waals surface area (Å²) in [6.45, 7) is 3.57. The molecule has 31 heavy (non-hydrogen) atoms. The van der Waals surface area contributed by atoms with Crippen LogP contribution in [-0.2, 0) is 13.1 Å². The monoisotopic (exact) mass is 415 g/mol. The van der Waals surface area contributed by atoms with Gasteiger partial charge in [-0.25, -0.2) is 9.98 Å². The molecule has 2 aromatic carbocycles. The first-order valence-corrected chi connectivity index (χ1v) is 10.5. The van der Waals surface area contributed by atoms with E-state index in [-0.39, 0.29) is 0 Å². The molecule has 5 rings (SSSR count). The molecule has 158 valence electrons. The molecule has 1 aromatic heterocycles. The van der Waals surface area contributed by atoms with Crippen LogP contribution >= 0.6 is 0 Å². The lowest BCUT2D eigenvalue weighted by atomic mass is 9.90. The lowest BCUT2D eigenvalue weighted by molar-refractivity contribution is 0.545. The number of aromatic nitrogens is 3. The van der Waals surface area contributed by atoms with Crippen molar-refractivity contribution >= 4 is 5.84 Å². The van der Waals surface area contributed by atoms with Crippen LogP contribution in [0.5, 0.6) is 0 Å². The number of amidine groups is 1. The van der Waals surface area contributed by atoms with Gasteiger partial charge in [0.1, 0.15) is 6.33 Å². The van der Waals surface area contributed by atoms with Crippen LogP contribution in [0, 0.1) is 0 Å². The first kappa shape index (κ1) is 19.7. The van der Waals surface area contributed by atoms with Gasteiger partial charge >= 0.3 is 0 Å². The van der Waals surface area contributed by atoms with Crippen LogP contribution in [0.4, 0.5) is 0 Å². The molecular formula is C22H25N9. The van der Waals surface area contributed by atoms with Crippen molar-refractivity contribution in [2.45, 2.75) is 25.6 Å². The van der Waals surface area contributed by atoms with E-state index >= 15 is 0 Å². The number of azo groups is 1. The van der Waals surface area contributed by atoms with Gasteiger partial charge in [-0.2, -0.15) is 10.2 Å². The number of nitrogens with two attached hydrogens (primary N) is 1. The second-order valence-corrected chi connectivity index (χ2v) is 7.68. The highest BCUT2D eigenvalue weighted by atomic mass is 15.3. The third-order valence-corrected chi connectivity index (χ3v) is 5.79. The molecule has 0 bridgehead atoms. The summed E-state index contributed by atoms with van der Waals surface area (Å²) in [5.41, 5.74) is 12.5. The molecular weight excluding hydrogens is 390 g/mol. The van der Waals surface area contributed by atoms with Crippen molar-refractivity contribution in [1.29, 1.82) is 0 Å². The first-order chi connectivity index (χ1) is 15.3. The van der Waals surface area contributed by atoms with E-state index in [0.29, 0.717) is 25.1 Å². The molecule has 1 atom stereocenters. The SMILES string of the molecule is NCc1c(CN[C@@H]2CCNC2)ccc(-c2cccc(-c3ncn[nH]3)c2)c1C1=NCN=N1. The van der Waals surface area contributed by atoms with Gasteiger partial charge in [0.15, 0.2) is 18.3 Å². The number of hydrogen-bond acceptors (Lipinski definition) is 8. The van der Waals surface area contributed by atoms with Gasteiger partial charge < -0.3 is 16.4 Å². The quantitative estimate of drug-likeness (QED) is 0.470. The number of aliphatic imine (C=N–C) groups is 1. The molecule has 2 aliphatic heterocycles. The topological polar surface area (TPSA) is 129 Å². The second kappa shape index (κ2) is 8.84. The highest BCUT2D eigenvalue weighted by Gasteiger charge is 2.21. The maximum absolute atomic E-state index is 6.27. The molecule has 0 saturated carbocycles. The predicted octanol–water partition coefficient (Wildman–Crippen LogP) is 2.22. The van der Waals surface area contributed by atoms with E-state index in [1.807, 2.05) is 12.1 Å². The highest BCUT2D eigenvalue weighted by molar-refractivity contribution is 6.07. The Bertz CT molecular complexity index is 1110. The van der Waals surface area contributed by atoms with E-state index in [1.54, 1.807) is 0 Å². The summed E-state index contributed by atoms with van der Waals surface area (Å²) in [4.78, 5) is 8.79. The predicted molar refractivity (Wildman–Crippen MR) is 120 cm³/mol. The van der Waals surface area contributed by atoms with Crippen LogP contribution in [0.15, 0.2) is 57.9 Å². The van der Waals surface area contributed by atoms with Crippen molar-refractivity contribution in [3.05, 3.63) is 59.4 Å². The molecule has 5 N–H and O–H groups in total. The fraction of sp³-hybridized carbons (Fsp3) is 0.318. The summed E-state index contributed by atoms with van der Waals surface area (Å²) < 4.78 is 0. The second-order valence-electron chi connectivity index (χ2n) is 7.68. The van der Waals surface area contributed by atoms with Crippen LogP contribution in [0.3, 0.4) is 0 Å². The van der Waals surface area contributed by atoms with E-state index < -0.39 is 0 Å². The van der Waals surface area contributed by atoms with Gasteiger partial charge in [-0.1, -0.05) is 30.3 Å². The molecule has 0 aliphatic carbocycles. The Kier molecular flexibility index (Phi) is 5.61. The van der Waals surface area contributed by atoms with Gasteiger partial charge in [0.25, 0.3) is 0 Å². The summed E-state index contributed by atoms with van der Waals surface area (Å²) in [6, 6.07) is 13.0. The Morgan fingerprint density at radius 2 is 2.10 bits per heavy atom. The van der Waals surface area contributed by atoms with Crippen molar-refractivity contribution in [2.24, 2.45) is 21.0 Å². The summed E-state index contributed by atoms with van der Waals surface area (Å²) in [6.07, 6.45) is 2.65. The van der Waals surface area contributed by atoms with Crippen LogP contribution in [0.1, 0.15) is 23.1 Å². The van der Waals surface area contributed by atoms with Crippen molar-refractivity contribution in [3.8, 4) is 22.5 Å². The molecule has 9 heteroatoms. The third kappa shape index (κ3) is 4.02. The standard InChI is InChI=1S/C22H25N9/c23-9-19-16(10-25-17-6-7-24-11-17)4-5-18(20(19)22-27-13-29-31-22)14-2-1-3-15(8-14)21-26-12-28-30-21/h1-5,8,12,17,24-25H,6-7,9-11,13,23H2,(H,26,28,30)/t17-/m1/s1. The van der Waals surface area contributed by atoms with Gasteiger partial charge in [0.2, 0.25) is 0 Å². The molecule has 0 amide bonds. The van der Waals surface area contributed by atoms with Gasteiger partial charge in [0, 0.05) is 36.8 Å². The highest BCUT2D eigenvalue weighted by Crippen LogP contribution is 2.32. The normalized spacial score (nSPS) is 18.0. The smallest absolute Gasteiger partial charge is 0.179 e. The van der Waals surface area contributed by atoms with Crippen LogP contribution in [-0.4, -0.2) is 46.8 Å². The fourth-order valence-electron chi connectivity index (χ4n) is 4.21. The van der Waals surface area contributed by atoms with Gasteiger partial charge in [0.05, 0.1) is 0 Å². The molecule has 3 aromatic rings. The number of nitrogens with zero attached hydrogens (tertiary/aromatic N) is 5. The molecule has 9 nitrogen and oxygen atoms in total. The number of benzene rings is 2. The zero-order chi connectivity index (χ0) is 21.0. The Balaban J connectivity index is 1.57. The number of H-pyrrole nitrogens is 1. The molecule has 2 aliphatic rings. The van der Waals surface area contributed by atoms with E-state index in [9.17, 15) is 0 Å². The van der Waals surface area contributed by atoms with Crippen molar-refractivity contribution in [2.75, 3.05) is 19.8 Å². The Labute approximate surface area is 180 Å². The maximum atomic E-state index is 6.27. The molecule has 0 unspecified atom stereocenters. The number of aromatic amines is 1. The average molecular weight is 416 g/mol. The van der Waals surface area contributed by atoms with Crippen molar-refractivity contribution < 1.29 is 0 Å². The maximum Gasteiger partial charge on any atom is 0.179 e. The number of hydrogen-bond donors (Lipinski definition) is 4. The molecule has 1 fully saturated rings. The average Bonchev–Trinajstić information content (AvgIpc) is 3.60. The Morgan fingerprint density at radius 1 is 1.16 bits per heavy atom. The van der Waals surface area contributed by atoms with Gasteiger partial charge in [-0.05, 0) is 41.3 Å². The number of nitrogens with one attached hydrogen (secondary N) is 3. The summed E-state index contributed by atoms with van der Waals surface area (Å²) in [5, 5.41) is 22.3. The molecule has 1 saturated heterocycles. The van der Waals surface area contributed by atoms with Gasteiger partial charge in [-0.3, -0.25) is 5.10 Å². The van der Waals surface area contributed by atoms with Crippen molar-refractivity contribution in [1.82, 2.24) is 25.8 Å². The van der Waals surface area contributed by atoms with E-state index in [1.165, 1.54) is 11.9 Å². The van der Waals surface area contributed by atoms with Crippen LogP contribution in [0.25, 0.3) is 22.5 Å². The minimum atomic E-state index is 0.354. The van der Waals surface area contributed by atoms with E-state index in [4.69, 9.17) is 5.73 Å². The molecule has 0 spiro atoms. The first-order valence-electron chi connectivity index (χ1n) is 10.5. The van der Waals surface area contributed by atoms with E-state index in [0.717, 1.165) is 59.7 Å². The van der Waals surface area contributed by atoms with Gasteiger partial charge in [-0.15, -0.1) is 5.11 Å². The third-order valence-electron chi connectivity index (χ3n) is 5.79. The van der Waals surface area contributed by atoms with Crippen LogP contribution < -0.4 is 16.4 Å². The lowest BCUT2D eigenvalue weighted by Crippen LogP contribution is -2.31. The lowest BCUT2D eigenvalue weighted by Gasteiger charge is -2.19. The molecule has 0 radical (unpaired) electrons. The fourth-order valence-corrected chi connectivity index (χ4v) is 4.21.